The zero-order valence-corrected chi connectivity index (χ0v) is 13.9. The summed E-state index contributed by atoms with van der Waals surface area (Å²) in [6, 6.07) is 5.81. The van der Waals surface area contributed by atoms with Crippen LogP contribution in [0, 0.1) is 0 Å². The van der Waals surface area contributed by atoms with Gasteiger partial charge in [0.1, 0.15) is 0 Å². The number of nitrogens with one attached hydrogen (secondary N) is 3. The van der Waals surface area contributed by atoms with E-state index in [4.69, 9.17) is 0 Å². The molecule has 1 aromatic carbocycles. The van der Waals surface area contributed by atoms with E-state index in [1.807, 2.05) is 18.2 Å². The summed E-state index contributed by atoms with van der Waals surface area (Å²) in [5.74, 6) is 0.0400. The summed E-state index contributed by atoms with van der Waals surface area (Å²) >= 11 is 0. The Morgan fingerprint density at radius 2 is 1.96 bits per heavy atom. The molecule has 0 spiro atoms. The molecule has 0 saturated heterocycles. The molecule has 23 heavy (non-hydrogen) atoms. The lowest BCUT2D eigenvalue weighted by atomic mass is 9.78. The fourth-order valence-electron chi connectivity index (χ4n) is 3.58. The van der Waals surface area contributed by atoms with Gasteiger partial charge in [-0.1, -0.05) is 33.1 Å². The molecule has 1 heterocycles. The van der Waals surface area contributed by atoms with E-state index in [0.717, 1.165) is 29.8 Å². The van der Waals surface area contributed by atoms with Gasteiger partial charge in [0.25, 0.3) is 0 Å². The first-order chi connectivity index (χ1) is 10.9. The van der Waals surface area contributed by atoms with Crippen molar-refractivity contribution in [3.05, 3.63) is 23.8 Å². The second kappa shape index (κ2) is 6.22. The van der Waals surface area contributed by atoms with E-state index in [1.54, 1.807) is 0 Å². The average Bonchev–Trinajstić information content (AvgIpc) is 2.48. The van der Waals surface area contributed by atoms with Crippen LogP contribution in [0.5, 0.6) is 0 Å². The van der Waals surface area contributed by atoms with Gasteiger partial charge in [0.2, 0.25) is 5.91 Å². The minimum Gasteiger partial charge on any atom is -0.335 e. The van der Waals surface area contributed by atoms with Crippen molar-refractivity contribution < 1.29 is 9.59 Å². The molecule has 1 aliphatic carbocycles. The van der Waals surface area contributed by atoms with Crippen LogP contribution >= 0.6 is 0 Å². The van der Waals surface area contributed by atoms with E-state index < -0.39 is 0 Å². The number of hydrogen-bond acceptors (Lipinski definition) is 2. The number of anilines is 2. The number of benzene rings is 1. The molecule has 124 valence electrons. The smallest absolute Gasteiger partial charge is 0.319 e. The number of fused-ring (bicyclic) bond motifs is 1. The molecular formula is C18H25N3O2. The maximum atomic E-state index is 12.2. The van der Waals surface area contributed by atoms with Gasteiger partial charge in [-0.15, -0.1) is 0 Å². The summed E-state index contributed by atoms with van der Waals surface area (Å²) in [4.78, 5) is 23.9. The Labute approximate surface area is 137 Å². The van der Waals surface area contributed by atoms with E-state index in [1.165, 1.54) is 19.3 Å². The van der Waals surface area contributed by atoms with Gasteiger partial charge >= 0.3 is 6.03 Å². The topological polar surface area (TPSA) is 70.2 Å². The molecule has 3 amide bonds. The fraction of sp³-hybridized carbons (Fsp3) is 0.556. The van der Waals surface area contributed by atoms with Crippen LogP contribution in [0.15, 0.2) is 18.2 Å². The van der Waals surface area contributed by atoms with Gasteiger partial charge in [-0.3, -0.25) is 4.79 Å². The number of hydrogen-bond donors (Lipinski definition) is 3. The van der Waals surface area contributed by atoms with Crippen LogP contribution in [-0.4, -0.2) is 18.0 Å². The maximum Gasteiger partial charge on any atom is 0.319 e. The van der Waals surface area contributed by atoms with Crippen LogP contribution in [0.4, 0.5) is 16.2 Å². The summed E-state index contributed by atoms with van der Waals surface area (Å²) in [5, 5.41) is 8.88. The van der Waals surface area contributed by atoms with Gasteiger partial charge in [-0.2, -0.15) is 0 Å². The van der Waals surface area contributed by atoms with Crippen molar-refractivity contribution in [3.63, 3.8) is 0 Å². The van der Waals surface area contributed by atoms with Crippen LogP contribution in [0.25, 0.3) is 0 Å². The molecule has 3 rings (SSSR count). The Hall–Kier alpha value is -2.04. The molecule has 5 heteroatoms. The normalized spacial score (nSPS) is 20.3. The first kappa shape index (κ1) is 15.8. The maximum absolute atomic E-state index is 12.2. The average molecular weight is 315 g/mol. The van der Waals surface area contributed by atoms with E-state index in [2.05, 4.69) is 29.8 Å². The Bertz CT molecular complexity index is 619. The fourth-order valence-corrected chi connectivity index (χ4v) is 3.58. The van der Waals surface area contributed by atoms with Crippen LogP contribution in [0.2, 0.25) is 0 Å². The molecule has 1 aliphatic heterocycles. The largest absolute Gasteiger partial charge is 0.335 e. The lowest BCUT2D eigenvalue weighted by Gasteiger charge is -2.32. The summed E-state index contributed by atoms with van der Waals surface area (Å²) in [6.07, 6.45) is 6.24. The summed E-state index contributed by atoms with van der Waals surface area (Å²) in [6.45, 7) is 4.10. The molecule has 3 N–H and O–H groups in total. The molecule has 1 fully saturated rings. The van der Waals surface area contributed by atoms with E-state index in [9.17, 15) is 9.59 Å². The number of amides is 3. The van der Waals surface area contributed by atoms with E-state index in [0.29, 0.717) is 6.42 Å². The highest BCUT2D eigenvalue weighted by Gasteiger charge is 2.32. The molecular weight excluding hydrogens is 290 g/mol. The molecule has 0 bridgehead atoms. The summed E-state index contributed by atoms with van der Waals surface area (Å²) in [5.41, 5.74) is 2.44. The van der Waals surface area contributed by atoms with Crippen molar-refractivity contribution >= 4 is 23.3 Å². The summed E-state index contributed by atoms with van der Waals surface area (Å²) < 4.78 is 0. The standard InChI is InChI=1S/C18H25N3O2/c1-18(2)11-16(22)21-15-9-8-13(10-14(15)18)20-17(23)19-12-6-4-3-5-7-12/h8-10,12H,3-7,11H2,1-2H3,(H,21,22)(H2,19,20,23). The lowest BCUT2D eigenvalue weighted by molar-refractivity contribution is -0.117. The predicted molar refractivity (Wildman–Crippen MR) is 91.7 cm³/mol. The van der Waals surface area contributed by atoms with Gasteiger partial charge < -0.3 is 16.0 Å². The summed E-state index contributed by atoms with van der Waals surface area (Å²) in [7, 11) is 0. The molecule has 1 aromatic rings. The quantitative estimate of drug-likeness (QED) is 0.777. The number of carbonyl (C=O) groups excluding carboxylic acids is 2. The van der Waals surface area contributed by atoms with Gasteiger partial charge in [-0.05, 0) is 36.6 Å². The molecule has 5 nitrogen and oxygen atoms in total. The second-order valence-corrected chi connectivity index (χ2v) is 7.30. The van der Waals surface area contributed by atoms with E-state index in [-0.39, 0.29) is 23.4 Å². The molecule has 2 aliphatic rings. The highest BCUT2D eigenvalue weighted by molar-refractivity contribution is 5.96. The third kappa shape index (κ3) is 3.66. The van der Waals surface area contributed by atoms with Crippen LogP contribution in [-0.2, 0) is 10.2 Å². The first-order valence-electron chi connectivity index (χ1n) is 8.46. The zero-order chi connectivity index (χ0) is 16.4. The zero-order valence-electron chi connectivity index (χ0n) is 13.9. The minimum absolute atomic E-state index is 0.0400. The van der Waals surface area contributed by atoms with Gasteiger partial charge in [0.15, 0.2) is 0 Å². The Kier molecular flexibility index (Phi) is 4.28. The predicted octanol–water partition coefficient (Wildman–Crippen LogP) is 3.76. The van der Waals surface area contributed by atoms with Crippen molar-refractivity contribution in [2.75, 3.05) is 10.6 Å². The van der Waals surface area contributed by atoms with Gasteiger partial charge in [0, 0.05) is 29.3 Å². The minimum atomic E-state index is -0.227. The van der Waals surface area contributed by atoms with E-state index >= 15 is 0 Å². The van der Waals surface area contributed by atoms with Crippen LogP contribution < -0.4 is 16.0 Å². The molecule has 1 saturated carbocycles. The molecule has 0 radical (unpaired) electrons. The van der Waals surface area contributed by atoms with Crippen molar-refractivity contribution in [1.29, 1.82) is 0 Å². The van der Waals surface area contributed by atoms with Crippen molar-refractivity contribution in [2.45, 2.75) is 63.8 Å². The number of rotatable bonds is 2. The highest BCUT2D eigenvalue weighted by atomic mass is 16.2. The molecule has 0 unspecified atom stereocenters. The number of carbonyl (C=O) groups is 2. The van der Waals surface area contributed by atoms with Crippen molar-refractivity contribution in [1.82, 2.24) is 5.32 Å². The third-order valence-electron chi connectivity index (χ3n) is 4.82. The Morgan fingerprint density at radius 1 is 1.22 bits per heavy atom. The SMILES string of the molecule is CC1(C)CC(=O)Nc2ccc(NC(=O)NC3CCCCC3)cc21. The lowest BCUT2D eigenvalue weighted by Crippen LogP contribution is -2.39. The molecule has 0 aromatic heterocycles. The third-order valence-corrected chi connectivity index (χ3v) is 4.82. The molecule has 0 atom stereocenters. The van der Waals surface area contributed by atoms with Gasteiger partial charge in [-0.25, -0.2) is 4.79 Å². The number of urea groups is 1. The first-order valence-corrected chi connectivity index (χ1v) is 8.46. The monoisotopic (exact) mass is 315 g/mol. The van der Waals surface area contributed by atoms with Crippen LogP contribution in [0.3, 0.4) is 0 Å². The van der Waals surface area contributed by atoms with Crippen molar-refractivity contribution in [3.8, 4) is 0 Å². The Morgan fingerprint density at radius 3 is 2.70 bits per heavy atom. The Balaban J connectivity index is 1.69. The van der Waals surface area contributed by atoms with Gasteiger partial charge in [0.05, 0.1) is 0 Å². The van der Waals surface area contributed by atoms with Crippen molar-refractivity contribution in [2.24, 2.45) is 0 Å². The highest BCUT2D eigenvalue weighted by Crippen LogP contribution is 2.38. The second-order valence-electron chi connectivity index (χ2n) is 7.30. The van der Waals surface area contributed by atoms with Crippen LogP contribution in [0.1, 0.15) is 57.9 Å².